The SMILES string of the molecule is O=C(C(=O)N1CCCCC1CCO)N(CCO)Cc1ccccc1. The molecule has 0 radical (unpaired) electrons. The Morgan fingerprint density at radius 3 is 2.54 bits per heavy atom. The van der Waals surface area contributed by atoms with Gasteiger partial charge in [-0.15, -0.1) is 0 Å². The molecule has 6 nitrogen and oxygen atoms in total. The molecule has 1 heterocycles. The number of carbonyl (C=O) groups excluding carboxylic acids is 2. The van der Waals surface area contributed by atoms with Crippen molar-refractivity contribution in [1.29, 1.82) is 0 Å². The molecule has 1 fully saturated rings. The van der Waals surface area contributed by atoms with E-state index in [0.717, 1.165) is 24.8 Å². The maximum absolute atomic E-state index is 12.7. The fourth-order valence-electron chi connectivity index (χ4n) is 3.15. The zero-order valence-corrected chi connectivity index (χ0v) is 13.9. The van der Waals surface area contributed by atoms with Crippen molar-refractivity contribution in [2.45, 2.75) is 38.3 Å². The van der Waals surface area contributed by atoms with Crippen LogP contribution < -0.4 is 0 Å². The van der Waals surface area contributed by atoms with Gasteiger partial charge in [-0.3, -0.25) is 9.59 Å². The third-order valence-electron chi connectivity index (χ3n) is 4.41. The third-order valence-corrected chi connectivity index (χ3v) is 4.41. The Hall–Kier alpha value is -1.92. The van der Waals surface area contributed by atoms with Crippen molar-refractivity contribution in [3.8, 4) is 0 Å². The molecule has 132 valence electrons. The standard InChI is InChI=1S/C18H26N2O4/c21-12-9-16-8-4-5-10-20(16)18(24)17(23)19(11-13-22)14-15-6-2-1-3-7-15/h1-3,6-7,16,21-22H,4-5,8-14H2. The average Bonchev–Trinajstić information content (AvgIpc) is 2.62. The van der Waals surface area contributed by atoms with Crippen LogP contribution in [-0.4, -0.2) is 64.2 Å². The van der Waals surface area contributed by atoms with Crippen LogP contribution in [0.15, 0.2) is 30.3 Å². The number of hydrogen-bond acceptors (Lipinski definition) is 4. The number of nitrogens with zero attached hydrogens (tertiary/aromatic N) is 2. The fourth-order valence-corrected chi connectivity index (χ4v) is 3.15. The second kappa shape index (κ2) is 9.39. The van der Waals surface area contributed by atoms with Gasteiger partial charge in [0.25, 0.3) is 0 Å². The van der Waals surface area contributed by atoms with Gasteiger partial charge >= 0.3 is 11.8 Å². The molecule has 1 aromatic rings. The van der Waals surface area contributed by atoms with Crippen molar-refractivity contribution in [1.82, 2.24) is 9.80 Å². The van der Waals surface area contributed by atoms with E-state index in [2.05, 4.69) is 0 Å². The zero-order chi connectivity index (χ0) is 17.4. The van der Waals surface area contributed by atoms with Crippen molar-refractivity contribution < 1.29 is 19.8 Å². The highest BCUT2D eigenvalue weighted by molar-refractivity contribution is 6.35. The molecule has 6 heteroatoms. The van der Waals surface area contributed by atoms with Crippen molar-refractivity contribution in [2.24, 2.45) is 0 Å². The van der Waals surface area contributed by atoms with E-state index in [1.54, 1.807) is 4.90 Å². The second-order valence-corrected chi connectivity index (χ2v) is 6.10. The summed E-state index contributed by atoms with van der Waals surface area (Å²) in [7, 11) is 0. The van der Waals surface area contributed by atoms with E-state index in [0.29, 0.717) is 19.5 Å². The van der Waals surface area contributed by atoms with Crippen LogP contribution >= 0.6 is 0 Å². The van der Waals surface area contributed by atoms with Crippen LogP contribution in [0.1, 0.15) is 31.2 Å². The molecule has 0 aromatic heterocycles. The first-order valence-corrected chi connectivity index (χ1v) is 8.53. The number of benzene rings is 1. The van der Waals surface area contributed by atoms with Gasteiger partial charge in [-0.25, -0.2) is 0 Å². The number of aliphatic hydroxyl groups excluding tert-OH is 2. The predicted octanol–water partition coefficient (Wildman–Crippen LogP) is 0.771. The van der Waals surface area contributed by atoms with Gasteiger partial charge in [-0.05, 0) is 31.2 Å². The van der Waals surface area contributed by atoms with Gasteiger partial charge in [0.05, 0.1) is 6.61 Å². The molecule has 1 aliphatic heterocycles. The van der Waals surface area contributed by atoms with Crippen molar-refractivity contribution >= 4 is 11.8 Å². The van der Waals surface area contributed by atoms with Gasteiger partial charge in [0.15, 0.2) is 0 Å². The van der Waals surface area contributed by atoms with Gasteiger partial charge in [-0.2, -0.15) is 0 Å². The lowest BCUT2D eigenvalue weighted by Gasteiger charge is -2.36. The molecule has 1 atom stereocenters. The highest BCUT2D eigenvalue weighted by Gasteiger charge is 2.32. The van der Waals surface area contributed by atoms with Crippen molar-refractivity contribution in [3.05, 3.63) is 35.9 Å². The van der Waals surface area contributed by atoms with Crippen LogP contribution in [0.3, 0.4) is 0 Å². The molecule has 1 aliphatic rings. The van der Waals surface area contributed by atoms with E-state index in [1.807, 2.05) is 30.3 Å². The lowest BCUT2D eigenvalue weighted by molar-refractivity contribution is -0.154. The number of carbonyl (C=O) groups is 2. The molecule has 1 aromatic carbocycles. The molecule has 1 saturated heterocycles. The van der Waals surface area contributed by atoms with E-state index in [9.17, 15) is 19.8 Å². The summed E-state index contributed by atoms with van der Waals surface area (Å²) in [4.78, 5) is 28.3. The summed E-state index contributed by atoms with van der Waals surface area (Å²) in [6.45, 7) is 0.787. The Morgan fingerprint density at radius 1 is 1.12 bits per heavy atom. The van der Waals surface area contributed by atoms with Gasteiger partial charge < -0.3 is 20.0 Å². The molecule has 0 spiro atoms. The number of likely N-dealkylation sites (tertiary alicyclic amines) is 1. The maximum Gasteiger partial charge on any atom is 0.312 e. The summed E-state index contributed by atoms with van der Waals surface area (Å²) in [5.74, 6) is -1.12. The summed E-state index contributed by atoms with van der Waals surface area (Å²) < 4.78 is 0. The minimum Gasteiger partial charge on any atom is -0.396 e. The van der Waals surface area contributed by atoms with Crippen LogP contribution in [0.2, 0.25) is 0 Å². The predicted molar refractivity (Wildman–Crippen MR) is 90.0 cm³/mol. The number of aliphatic hydroxyl groups is 2. The topological polar surface area (TPSA) is 81.1 Å². The maximum atomic E-state index is 12.7. The summed E-state index contributed by atoms with van der Waals surface area (Å²) in [6.07, 6.45) is 3.20. The van der Waals surface area contributed by atoms with Crippen LogP contribution in [-0.2, 0) is 16.1 Å². The van der Waals surface area contributed by atoms with E-state index in [4.69, 9.17) is 0 Å². The van der Waals surface area contributed by atoms with E-state index >= 15 is 0 Å². The van der Waals surface area contributed by atoms with Crippen LogP contribution in [0.25, 0.3) is 0 Å². The van der Waals surface area contributed by atoms with Crippen molar-refractivity contribution in [3.63, 3.8) is 0 Å². The van der Waals surface area contributed by atoms with Crippen molar-refractivity contribution in [2.75, 3.05) is 26.3 Å². The van der Waals surface area contributed by atoms with Gasteiger partial charge in [0, 0.05) is 32.3 Å². The monoisotopic (exact) mass is 334 g/mol. The Labute approximate surface area is 142 Å². The Kier molecular flexibility index (Phi) is 7.21. The molecular formula is C18H26N2O4. The number of rotatable bonds is 6. The highest BCUT2D eigenvalue weighted by atomic mass is 16.3. The largest absolute Gasteiger partial charge is 0.396 e. The summed E-state index contributed by atoms with van der Waals surface area (Å²) in [5.41, 5.74) is 0.914. The minimum atomic E-state index is -0.585. The lowest BCUT2D eigenvalue weighted by Crippen LogP contribution is -2.51. The Bertz CT molecular complexity index is 533. The summed E-state index contributed by atoms with van der Waals surface area (Å²) in [5, 5.41) is 18.4. The van der Waals surface area contributed by atoms with Gasteiger partial charge in [-0.1, -0.05) is 30.3 Å². The Morgan fingerprint density at radius 2 is 1.88 bits per heavy atom. The zero-order valence-electron chi connectivity index (χ0n) is 13.9. The fraction of sp³-hybridized carbons (Fsp3) is 0.556. The highest BCUT2D eigenvalue weighted by Crippen LogP contribution is 2.20. The van der Waals surface area contributed by atoms with E-state index < -0.39 is 11.8 Å². The molecule has 1 unspecified atom stereocenters. The molecule has 0 bridgehead atoms. The summed E-state index contributed by atoms with van der Waals surface area (Å²) >= 11 is 0. The average molecular weight is 334 g/mol. The van der Waals surface area contributed by atoms with Crippen LogP contribution in [0, 0.1) is 0 Å². The second-order valence-electron chi connectivity index (χ2n) is 6.10. The molecule has 0 saturated carbocycles. The molecule has 24 heavy (non-hydrogen) atoms. The van der Waals surface area contributed by atoms with E-state index in [-0.39, 0.29) is 25.8 Å². The number of amides is 2. The molecule has 2 amide bonds. The van der Waals surface area contributed by atoms with Crippen LogP contribution in [0.5, 0.6) is 0 Å². The lowest BCUT2D eigenvalue weighted by atomic mass is 9.99. The first kappa shape index (κ1) is 18.4. The van der Waals surface area contributed by atoms with Gasteiger partial charge in [0.2, 0.25) is 0 Å². The first-order valence-electron chi connectivity index (χ1n) is 8.53. The number of hydrogen-bond donors (Lipinski definition) is 2. The molecule has 2 rings (SSSR count). The van der Waals surface area contributed by atoms with E-state index in [1.165, 1.54) is 4.90 Å². The smallest absolute Gasteiger partial charge is 0.312 e. The van der Waals surface area contributed by atoms with Crippen LogP contribution in [0.4, 0.5) is 0 Å². The molecule has 0 aliphatic carbocycles. The minimum absolute atomic E-state index is 0.00695. The Balaban J connectivity index is 2.08. The first-order chi connectivity index (χ1) is 11.7. The molecule has 2 N–H and O–H groups in total. The third kappa shape index (κ3) is 4.79. The van der Waals surface area contributed by atoms with Gasteiger partial charge in [0.1, 0.15) is 0 Å². The number of piperidine rings is 1. The normalized spacial score (nSPS) is 17.6. The molecular weight excluding hydrogens is 308 g/mol. The summed E-state index contributed by atoms with van der Waals surface area (Å²) in [6, 6.07) is 9.34. The quantitative estimate of drug-likeness (QED) is 0.753.